The van der Waals surface area contributed by atoms with E-state index in [1.165, 1.54) is 5.56 Å². The molecule has 5 heteroatoms. The van der Waals surface area contributed by atoms with Gasteiger partial charge in [0.05, 0.1) is 6.04 Å². The molecule has 154 valence electrons. The lowest BCUT2D eigenvalue weighted by molar-refractivity contribution is -0.133. The minimum atomic E-state index is -0.528. The van der Waals surface area contributed by atoms with Gasteiger partial charge in [-0.15, -0.1) is 0 Å². The van der Waals surface area contributed by atoms with E-state index in [1.807, 2.05) is 56.0 Å². The zero-order valence-corrected chi connectivity index (χ0v) is 17.5. The quantitative estimate of drug-likeness (QED) is 0.776. The molecule has 3 rings (SSSR count). The Balaban J connectivity index is 1.97. The van der Waals surface area contributed by atoms with Crippen LogP contribution in [0.3, 0.4) is 0 Å². The normalized spacial score (nSPS) is 16.7. The zero-order chi connectivity index (χ0) is 20.8. The van der Waals surface area contributed by atoms with E-state index in [2.05, 4.69) is 23.5 Å². The lowest BCUT2D eigenvalue weighted by atomic mass is 9.87. The largest absolute Gasteiger partial charge is 0.481 e. The number of ether oxygens (including phenoxy) is 1. The average Bonchev–Trinajstić information content (AvgIpc) is 2.76. The summed E-state index contributed by atoms with van der Waals surface area (Å²) in [5, 5.41) is 2.83. The maximum Gasteiger partial charge on any atom is 0.261 e. The third-order valence-electron chi connectivity index (χ3n) is 5.38. The number of amides is 2. The maximum absolute atomic E-state index is 12.7. The van der Waals surface area contributed by atoms with Crippen molar-refractivity contribution < 1.29 is 14.3 Å². The van der Waals surface area contributed by atoms with Crippen LogP contribution < -0.4 is 10.1 Å². The van der Waals surface area contributed by atoms with Crippen LogP contribution in [0.25, 0.3) is 0 Å². The number of carbonyl (C=O) groups excluding carboxylic acids is 2. The Morgan fingerprint density at radius 1 is 1.14 bits per heavy atom. The van der Waals surface area contributed by atoms with Crippen molar-refractivity contribution in [2.24, 2.45) is 0 Å². The Kier molecular flexibility index (Phi) is 6.91. The highest BCUT2D eigenvalue weighted by atomic mass is 16.5. The molecule has 1 N–H and O–H groups in total. The number of benzene rings is 2. The van der Waals surface area contributed by atoms with Gasteiger partial charge in [0.15, 0.2) is 6.10 Å². The van der Waals surface area contributed by atoms with Gasteiger partial charge in [0.2, 0.25) is 5.91 Å². The molecule has 2 aromatic rings. The predicted octanol–water partition coefficient (Wildman–Crippen LogP) is 3.86. The molecule has 0 fully saturated rings. The van der Waals surface area contributed by atoms with E-state index in [9.17, 15) is 9.59 Å². The van der Waals surface area contributed by atoms with Crippen molar-refractivity contribution in [1.82, 2.24) is 10.2 Å². The van der Waals surface area contributed by atoms with Crippen LogP contribution in [0.2, 0.25) is 0 Å². The Morgan fingerprint density at radius 2 is 1.90 bits per heavy atom. The van der Waals surface area contributed by atoms with Gasteiger partial charge in [0.25, 0.3) is 5.91 Å². The fourth-order valence-corrected chi connectivity index (χ4v) is 3.91. The lowest BCUT2D eigenvalue weighted by Crippen LogP contribution is -2.40. The van der Waals surface area contributed by atoms with E-state index >= 15 is 0 Å². The minimum absolute atomic E-state index is 0.102. The maximum atomic E-state index is 12.7. The third-order valence-corrected chi connectivity index (χ3v) is 5.38. The van der Waals surface area contributed by atoms with E-state index in [-0.39, 0.29) is 17.9 Å². The molecule has 2 unspecified atom stereocenters. The van der Waals surface area contributed by atoms with E-state index in [4.69, 9.17) is 4.74 Å². The van der Waals surface area contributed by atoms with Crippen LogP contribution in [0.15, 0.2) is 48.5 Å². The highest BCUT2D eigenvalue weighted by Gasteiger charge is 2.32. The van der Waals surface area contributed by atoms with Crippen LogP contribution in [0, 0.1) is 0 Å². The summed E-state index contributed by atoms with van der Waals surface area (Å²) in [6.45, 7) is 7.01. The van der Waals surface area contributed by atoms with E-state index in [0.29, 0.717) is 31.7 Å². The van der Waals surface area contributed by atoms with E-state index in [0.717, 1.165) is 17.5 Å². The number of carbonyl (C=O) groups is 2. The highest BCUT2D eigenvalue weighted by Crippen LogP contribution is 2.37. The SMILES string of the molecule is CCNC(=O)C(CC)Oc1ccc2c(c1)C(c1ccccc1)N(C(=O)CC)CC2. The van der Waals surface area contributed by atoms with Crippen molar-refractivity contribution in [1.29, 1.82) is 0 Å². The number of fused-ring (bicyclic) bond motifs is 1. The first kappa shape index (κ1) is 20.9. The Hall–Kier alpha value is -2.82. The monoisotopic (exact) mass is 394 g/mol. The topological polar surface area (TPSA) is 58.6 Å². The summed E-state index contributed by atoms with van der Waals surface area (Å²) in [6.07, 6.45) is 1.35. The molecule has 0 aromatic heterocycles. The number of likely N-dealkylation sites (N-methyl/N-ethyl adjacent to an activating group) is 1. The molecular weight excluding hydrogens is 364 g/mol. The molecule has 2 atom stereocenters. The first-order valence-electron chi connectivity index (χ1n) is 10.5. The molecule has 0 radical (unpaired) electrons. The molecule has 0 saturated carbocycles. The van der Waals surface area contributed by atoms with Gasteiger partial charge >= 0.3 is 0 Å². The fourth-order valence-electron chi connectivity index (χ4n) is 3.91. The van der Waals surface area contributed by atoms with Gasteiger partial charge in [-0.05, 0) is 48.6 Å². The molecule has 29 heavy (non-hydrogen) atoms. The molecule has 0 bridgehead atoms. The summed E-state index contributed by atoms with van der Waals surface area (Å²) >= 11 is 0. The van der Waals surface area contributed by atoms with Crippen molar-refractivity contribution in [3.05, 3.63) is 65.2 Å². The number of rotatable bonds is 7. The lowest BCUT2D eigenvalue weighted by Gasteiger charge is -2.38. The van der Waals surface area contributed by atoms with Gasteiger partial charge in [0, 0.05) is 19.5 Å². The van der Waals surface area contributed by atoms with Gasteiger partial charge in [-0.25, -0.2) is 0 Å². The number of nitrogens with zero attached hydrogens (tertiary/aromatic N) is 1. The van der Waals surface area contributed by atoms with Gasteiger partial charge < -0.3 is 15.0 Å². The summed E-state index contributed by atoms with van der Waals surface area (Å²) in [6, 6.07) is 16.0. The molecule has 1 aliphatic heterocycles. The summed E-state index contributed by atoms with van der Waals surface area (Å²) in [5.74, 6) is 0.702. The molecule has 2 amide bonds. The Morgan fingerprint density at radius 3 is 2.55 bits per heavy atom. The zero-order valence-electron chi connectivity index (χ0n) is 17.5. The van der Waals surface area contributed by atoms with Crippen LogP contribution in [0.1, 0.15) is 56.3 Å². The average molecular weight is 395 g/mol. The molecule has 0 saturated heterocycles. The minimum Gasteiger partial charge on any atom is -0.481 e. The predicted molar refractivity (Wildman–Crippen MR) is 114 cm³/mol. The van der Waals surface area contributed by atoms with Crippen LogP contribution in [0.4, 0.5) is 0 Å². The van der Waals surface area contributed by atoms with E-state index < -0.39 is 6.10 Å². The number of nitrogens with one attached hydrogen (secondary N) is 1. The van der Waals surface area contributed by atoms with Crippen LogP contribution in [-0.2, 0) is 16.0 Å². The fraction of sp³-hybridized carbons (Fsp3) is 0.417. The van der Waals surface area contributed by atoms with Crippen LogP contribution in [-0.4, -0.2) is 35.9 Å². The molecule has 2 aromatic carbocycles. The Labute approximate surface area is 173 Å². The van der Waals surface area contributed by atoms with Crippen molar-refractivity contribution in [2.45, 2.75) is 52.2 Å². The molecule has 0 aliphatic carbocycles. The van der Waals surface area contributed by atoms with Crippen molar-refractivity contribution in [3.63, 3.8) is 0 Å². The number of hydrogen-bond donors (Lipinski definition) is 1. The van der Waals surface area contributed by atoms with Crippen molar-refractivity contribution in [2.75, 3.05) is 13.1 Å². The molecule has 5 nitrogen and oxygen atoms in total. The second-order valence-corrected chi connectivity index (χ2v) is 7.27. The van der Waals surface area contributed by atoms with Gasteiger partial charge in [-0.3, -0.25) is 9.59 Å². The molecular formula is C24H30N2O3. The molecule has 1 aliphatic rings. The first-order valence-corrected chi connectivity index (χ1v) is 10.5. The molecule has 0 spiro atoms. The highest BCUT2D eigenvalue weighted by molar-refractivity contribution is 5.81. The summed E-state index contributed by atoms with van der Waals surface area (Å²) in [5.41, 5.74) is 3.38. The van der Waals surface area contributed by atoms with E-state index in [1.54, 1.807) is 0 Å². The standard InChI is InChI=1S/C24H30N2O3/c1-4-21(24(28)25-6-3)29-19-13-12-17-14-15-26(22(27)5-2)23(20(17)16-19)18-10-8-7-9-11-18/h7-13,16,21,23H,4-6,14-15H2,1-3H3,(H,25,28). The summed E-state index contributed by atoms with van der Waals surface area (Å²) in [4.78, 5) is 26.9. The van der Waals surface area contributed by atoms with Crippen molar-refractivity contribution >= 4 is 11.8 Å². The van der Waals surface area contributed by atoms with Gasteiger partial charge in [-0.2, -0.15) is 0 Å². The van der Waals surface area contributed by atoms with Gasteiger partial charge in [-0.1, -0.05) is 50.2 Å². The molecule has 1 heterocycles. The second-order valence-electron chi connectivity index (χ2n) is 7.27. The number of hydrogen-bond acceptors (Lipinski definition) is 3. The Bertz CT molecular complexity index is 850. The third kappa shape index (κ3) is 4.61. The first-order chi connectivity index (χ1) is 14.1. The smallest absolute Gasteiger partial charge is 0.261 e. The van der Waals surface area contributed by atoms with Crippen LogP contribution in [0.5, 0.6) is 5.75 Å². The second kappa shape index (κ2) is 9.59. The summed E-state index contributed by atoms with van der Waals surface area (Å²) in [7, 11) is 0. The van der Waals surface area contributed by atoms with Crippen LogP contribution >= 0.6 is 0 Å². The van der Waals surface area contributed by atoms with Gasteiger partial charge in [0.1, 0.15) is 5.75 Å². The van der Waals surface area contributed by atoms with Crippen molar-refractivity contribution in [3.8, 4) is 5.75 Å². The summed E-state index contributed by atoms with van der Waals surface area (Å²) < 4.78 is 6.03.